The smallest absolute Gasteiger partial charge is 0.317 e. The van der Waals surface area contributed by atoms with Gasteiger partial charge in [-0.25, -0.2) is 4.79 Å². The maximum atomic E-state index is 12.6. The first-order chi connectivity index (χ1) is 12.8. The third kappa shape index (κ3) is 2.69. The number of rotatable bonds is 3. The van der Waals surface area contributed by atoms with Crippen molar-refractivity contribution in [3.63, 3.8) is 0 Å². The van der Waals surface area contributed by atoms with Crippen molar-refractivity contribution in [2.24, 2.45) is 11.8 Å². The molecule has 3 aliphatic heterocycles. The monoisotopic (exact) mass is 347 g/mol. The summed E-state index contributed by atoms with van der Waals surface area (Å²) in [7, 11) is 0. The van der Waals surface area contributed by atoms with Gasteiger partial charge in [0.2, 0.25) is 0 Å². The number of nitrogens with zero attached hydrogens (tertiary/aromatic N) is 2. The van der Waals surface area contributed by atoms with Crippen LogP contribution in [0, 0.1) is 11.8 Å². The molecule has 0 spiro atoms. The Labute approximate surface area is 152 Å². The lowest BCUT2D eigenvalue weighted by atomic mass is 9.86. The number of ether oxygens (including phenoxy) is 1. The minimum Gasteiger partial charge on any atom is -0.366 e. The molecule has 2 fully saturated rings. The Morgan fingerprint density at radius 3 is 2.65 bits per heavy atom. The second kappa shape index (κ2) is 6.25. The molecule has 4 unspecified atom stereocenters. The predicted molar refractivity (Wildman–Crippen MR) is 98.3 cm³/mol. The molecule has 2 amide bonds. The summed E-state index contributed by atoms with van der Waals surface area (Å²) in [4.78, 5) is 18.9. The summed E-state index contributed by atoms with van der Waals surface area (Å²) in [6.45, 7) is 2.10. The van der Waals surface area contributed by atoms with Crippen LogP contribution in [0.2, 0.25) is 0 Å². The normalized spacial score (nSPS) is 28.4. The van der Waals surface area contributed by atoms with Crippen LogP contribution in [0.4, 0.5) is 4.79 Å². The van der Waals surface area contributed by atoms with E-state index in [9.17, 15) is 4.79 Å². The lowest BCUT2D eigenvalue weighted by Crippen LogP contribution is -2.39. The first-order valence-corrected chi connectivity index (χ1v) is 9.15. The molecule has 132 valence electrons. The van der Waals surface area contributed by atoms with E-state index in [4.69, 9.17) is 4.74 Å². The molecule has 5 rings (SSSR count). The van der Waals surface area contributed by atoms with E-state index in [1.807, 2.05) is 41.3 Å². The van der Waals surface area contributed by atoms with Crippen LogP contribution in [-0.2, 0) is 11.3 Å². The predicted octanol–water partition coefficient (Wildman–Crippen LogP) is 2.84. The zero-order valence-corrected chi connectivity index (χ0v) is 14.4. The lowest BCUT2D eigenvalue weighted by molar-refractivity contribution is 0.0882. The van der Waals surface area contributed by atoms with Gasteiger partial charge in [-0.3, -0.25) is 4.98 Å². The van der Waals surface area contributed by atoms with Crippen LogP contribution in [0.25, 0.3) is 11.3 Å². The molecule has 1 N–H and O–H groups in total. The zero-order chi connectivity index (χ0) is 17.5. The van der Waals surface area contributed by atoms with Crippen molar-refractivity contribution in [3.05, 3.63) is 66.4 Å². The highest BCUT2D eigenvalue weighted by Gasteiger charge is 2.51. The molecule has 4 atom stereocenters. The van der Waals surface area contributed by atoms with E-state index in [1.54, 1.807) is 6.20 Å². The van der Waals surface area contributed by atoms with Gasteiger partial charge < -0.3 is 15.0 Å². The fourth-order valence-corrected chi connectivity index (χ4v) is 4.36. The number of carbonyl (C=O) groups is 1. The summed E-state index contributed by atoms with van der Waals surface area (Å²) < 4.78 is 5.88. The summed E-state index contributed by atoms with van der Waals surface area (Å²) in [6, 6.07) is 14.1. The van der Waals surface area contributed by atoms with Gasteiger partial charge >= 0.3 is 6.03 Å². The van der Waals surface area contributed by atoms with Crippen LogP contribution in [0.5, 0.6) is 0 Å². The second-order valence-corrected chi connectivity index (χ2v) is 7.26. The van der Waals surface area contributed by atoms with Crippen molar-refractivity contribution < 1.29 is 9.53 Å². The number of hydrogen-bond acceptors (Lipinski definition) is 3. The number of nitrogens with one attached hydrogen (secondary N) is 1. The van der Waals surface area contributed by atoms with Gasteiger partial charge in [-0.05, 0) is 23.8 Å². The SMILES string of the molecule is O=C(NCc1cccc(-c2ccccn2)c1)N1CC2C3C=CC(O3)C2C1. The molecule has 1 aromatic heterocycles. The largest absolute Gasteiger partial charge is 0.366 e. The Hall–Kier alpha value is -2.66. The Morgan fingerprint density at radius 2 is 1.92 bits per heavy atom. The number of aromatic nitrogens is 1. The van der Waals surface area contributed by atoms with Crippen molar-refractivity contribution in [3.8, 4) is 11.3 Å². The highest BCUT2D eigenvalue weighted by atomic mass is 16.5. The van der Waals surface area contributed by atoms with Gasteiger partial charge in [0.25, 0.3) is 0 Å². The second-order valence-electron chi connectivity index (χ2n) is 7.26. The average molecular weight is 347 g/mol. The first-order valence-electron chi connectivity index (χ1n) is 9.15. The van der Waals surface area contributed by atoms with Crippen LogP contribution >= 0.6 is 0 Å². The van der Waals surface area contributed by atoms with Crippen molar-refractivity contribution in [2.75, 3.05) is 13.1 Å². The van der Waals surface area contributed by atoms with Gasteiger partial charge in [0.15, 0.2) is 0 Å². The molecular formula is C21H21N3O2. The van der Waals surface area contributed by atoms with Crippen molar-refractivity contribution in [2.45, 2.75) is 18.8 Å². The summed E-state index contributed by atoms with van der Waals surface area (Å²) in [5.41, 5.74) is 3.08. The van der Waals surface area contributed by atoms with Gasteiger partial charge in [-0.1, -0.05) is 36.4 Å². The molecule has 3 aliphatic rings. The molecule has 26 heavy (non-hydrogen) atoms. The van der Waals surface area contributed by atoms with E-state index in [2.05, 4.69) is 28.5 Å². The Morgan fingerprint density at radius 1 is 1.12 bits per heavy atom. The topological polar surface area (TPSA) is 54.5 Å². The third-order valence-electron chi connectivity index (χ3n) is 5.68. The van der Waals surface area contributed by atoms with E-state index in [1.165, 1.54) is 0 Å². The summed E-state index contributed by atoms with van der Waals surface area (Å²) in [5, 5.41) is 3.06. The highest BCUT2D eigenvalue weighted by Crippen LogP contribution is 2.43. The van der Waals surface area contributed by atoms with Crippen molar-refractivity contribution >= 4 is 6.03 Å². The van der Waals surface area contributed by atoms with E-state index >= 15 is 0 Å². The van der Waals surface area contributed by atoms with Crippen LogP contribution in [-0.4, -0.2) is 41.2 Å². The number of likely N-dealkylation sites (tertiary alicyclic amines) is 1. The molecule has 0 aliphatic carbocycles. The first kappa shape index (κ1) is 15.6. The minimum absolute atomic E-state index is 0.0158. The van der Waals surface area contributed by atoms with Gasteiger partial charge in [0, 0.05) is 43.2 Å². The minimum atomic E-state index is 0.0158. The standard InChI is InChI=1S/C21H21N3O2/c25-21(24-12-16-17(13-24)20-8-7-19(16)26-20)23-11-14-4-3-5-15(10-14)18-6-1-2-9-22-18/h1-10,16-17,19-20H,11-13H2,(H,23,25). The van der Waals surface area contributed by atoms with Gasteiger partial charge in [-0.15, -0.1) is 0 Å². The van der Waals surface area contributed by atoms with Gasteiger partial charge in [0.05, 0.1) is 17.9 Å². The Balaban J connectivity index is 1.21. The van der Waals surface area contributed by atoms with Crippen LogP contribution in [0.3, 0.4) is 0 Å². The maximum absolute atomic E-state index is 12.6. The molecule has 2 aromatic rings. The van der Waals surface area contributed by atoms with Gasteiger partial charge in [0.1, 0.15) is 0 Å². The average Bonchev–Trinajstić information content (AvgIpc) is 3.40. The summed E-state index contributed by atoms with van der Waals surface area (Å²) >= 11 is 0. The van der Waals surface area contributed by atoms with E-state index < -0.39 is 0 Å². The Bertz CT molecular complexity index is 831. The van der Waals surface area contributed by atoms with Crippen molar-refractivity contribution in [1.29, 1.82) is 0 Å². The fourth-order valence-electron chi connectivity index (χ4n) is 4.36. The number of benzene rings is 1. The molecule has 2 bridgehead atoms. The molecular weight excluding hydrogens is 326 g/mol. The lowest BCUT2D eigenvalue weighted by Gasteiger charge is -2.19. The number of hydrogen-bond donors (Lipinski definition) is 1. The van der Waals surface area contributed by atoms with Crippen LogP contribution in [0.15, 0.2) is 60.8 Å². The fraction of sp³-hybridized carbons (Fsp3) is 0.333. The molecule has 2 saturated heterocycles. The van der Waals surface area contributed by atoms with E-state index in [0.29, 0.717) is 18.4 Å². The summed E-state index contributed by atoms with van der Waals surface area (Å²) in [6.07, 6.45) is 6.50. The molecule has 5 nitrogen and oxygen atoms in total. The molecule has 4 heterocycles. The number of carbonyl (C=O) groups excluding carboxylic acids is 1. The number of urea groups is 1. The number of fused-ring (bicyclic) bond motifs is 5. The van der Waals surface area contributed by atoms with Crippen LogP contribution in [0.1, 0.15) is 5.56 Å². The quantitative estimate of drug-likeness (QED) is 0.869. The molecule has 0 saturated carbocycles. The zero-order valence-electron chi connectivity index (χ0n) is 14.4. The maximum Gasteiger partial charge on any atom is 0.317 e. The molecule has 5 heteroatoms. The highest BCUT2D eigenvalue weighted by molar-refractivity contribution is 5.74. The van der Waals surface area contributed by atoms with E-state index in [0.717, 1.165) is 29.9 Å². The van der Waals surface area contributed by atoms with Crippen molar-refractivity contribution in [1.82, 2.24) is 15.2 Å². The van der Waals surface area contributed by atoms with Gasteiger partial charge in [-0.2, -0.15) is 0 Å². The number of pyridine rings is 1. The Kier molecular flexibility index (Phi) is 3.75. The molecule has 1 aromatic carbocycles. The van der Waals surface area contributed by atoms with E-state index in [-0.39, 0.29) is 18.2 Å². The summed E-state index contributed by atoms with van der Waals surface area (Å²) in [5.74, 6) is 0.923. The third-order valence-corrected chi connectivity index (χ3v) is 5.68. The molecule has 0 radical (unpaired) electrons. The number of amides is 2. The van der Waals surface area contributed by atoms with Crippen LogP contribution < -0.4 is 5.32 Å².